The third-order valence-corrected chi connectivity index (χ3v) is 2.38. The van der Waals surface area contributed by atoms with Crippen molar-refractivity contribution in [3.05, 3.63) is 35.9 Å². The molecule has 1 aromatic rings. The number of carbonyl (C=O) groups excluding carboxylic acids is 1. The molecule has 1 aromatic carbocycles. The Morgan fingerprint density at radius 1 is 1.33 bits per heavy atom. The van der Waals surface area contributed by atoms with E-state index in [0.29, 0.717) is 5.56 Å². The highest BCUT2D eigenvalue weighted by Gasteiger charge is 2.22. The molecule has 0 aliphatic carbocycles. The maximum absolute atomic E-state index is 10.9. The summed E-state index contributed by atoms with van der Waals surface area (Å²) in [6, 6.07) is 6.70. The van der Waals surface area contributed by atoms with Gasteiger partial charge in [0.05, 0.1) is 0 Å². The maximum Gasteiger partial charge on any atom is 0.334 e. The number of nitrogens with one attached hydrogen (secondary N) is 1. The Bertz CT molecular complexity index is 445. The normalized spacial score (nSPS) is 13.5. The van der Waals surface area contributed by atoms with Crippen molar-refractivity contribution in [2.45, 2.75) is 6.04 Å². The molecule has 0 aliphatic rings. The first-order valence-electron chi connectivity index (χ1n) is 3.89. The van der Waals surface area contributed by atoms with E-state index in [2.05, 4.69) is 0 Å². The molecule has 1 rings (SSSR count). The highest BCUT2D eigenvalue weighted by atomic mass is 35.5. The van der Waals surface area contributed by atoms with Gasteiger partial charge in [0.2, 0.25) is 5.24 Å². The van der Waals surface area contributed by atoms with Crippen LogP contribution in [0.5, 0.6) is 0 Å². The fraction of sp³-hybridized carbons (Fsp3) is 0.125. The van der Waals surface area contributed by atoms with Crippen LogP contribution < -0.4 is 4.72 Å². The van der Waals surface area contributed by atoms with E-state index in [9.17, 15) is 13.2 Å². The van der Waals surface area contributed by atoms with Gasteiger partial charge in [0.1, 0.15) is 6.04 Å². The van der Waals surface area contributed by atoms with Gasteiger partial charge in [0.15, 0.2) is 0 Å². The Labute approximate surface area is 91.9 Å². The lowest BCUT2D eigenvalue weighted by Crippen LogP contribution is -2.31. The molecule has 5 nitrogen and oxygen atoms in total. The zero-order chi connectivity index (χ0) is 11.5. The molecule has 0 heterocycles. The van der Waals surface area contributed by atoms with Crippen molar-refractivity contribution in [3.8, 4) is 0 Å². The summed E-state index contributed by atoms with van der Waals surface area (Å²) in [6.07, 6.45) is 0. The zero-order valence-corrected chi connectivity index (χ0v) is 8.99. The van der Waals surface area contributed by atoms with Crippen molar-refractivity contribution in [2.24, 2.45) is 0 Å². The van der Waals surface area contributed by atoms with Gasteiger partial charge < -0.3 is 0 Å². The molecule has 0 saturated heterocycles. The van der Waals surface area contributed by atoms with Gasteiger partial charge in [-0.15, -0.1) is 0 Å². The van der Waals surface area contributed by atoms with Crippen molar-refractivity contribution in [1.82, 2.24) is 4.72 Å². The van der Waals surface area contributed by atoms with Crippen molar-refractivity contribution in [3.63, 3.8) is 0 Å². The second-order valence-corrected chi connectivity index (χ2v) is 4.30. The number of hydrogen-bond donors (Lipinski definition) is 2. The third-order valence-electron chi connectivity index (χ3n) is 1.63. The molecule has 0 aliphatic heterocycles. The summed E-state index contributed by atoms with van der Waals surface area (Å²) in [4.78, 5) is 10.9. The molecule has 15 heavy (non-hydrogen) atoms. The highest BCUT2D eigenvalue weighted by Crippen LogP contribution is 2.16. The van der Waals surface area contributed by atoms with E-state index in [-0.39, 0.29) is 0 Å². The van der Waals surface area contributed by atoms with E-state index >= 15 is 0 Å². The predicted molar refractivity (Wildman–Crippen MR) is 54.7 cm³/mol. The summed E-state index contributed by atoms with van der Waals surface area (Å²) in [5.74, 6) is 0. The monoisotopic (exact) mass is 249 g/mol. The highest BCUT2D eigenvalue weighted by molar-refractivity contribution is 7.83. The van der Waals surface area contributed by atoms with Crippen LogP contribution >= 0.6 is 11.6 Å². The smallest absolute Gasteiger partial charge is 0.279 e. The van der Waals surface area contributed by atoms with Gasteiger partial charge in [0, 0.05) is 0 Å². The van der Waals surface area contributed by atoms with Gasteiger partial charge in [-0.2, -0.15) is 13.1 Å². The largest absolute Gasteiger partial charge is 0.334 e. The molecule has 2 N–H and O–H groups in total. The third kappa shape index (κ3) is 3.96. The van der Waals surface area contributed by atoms with E-state index in [1.807, 2.05) is 0 Å². The predicted octanol–water partition coefficient (Wildman–Crippen LogP) is 0.886. The summed E-state index contributed by atoms with van der Waals surface area (Å²) in [5, 5.41) is -0.918. The summed E-state index contributed by atoms with van der Waals surface area (Å²) >= 11 is 5.21. The second kappa shape index (κ2) is 4.71. The van der Waals surface area contributed by atoms with Crippen LogP contribution in [0.25, 0.3) is 0 Å². The van der Waals surface area contributed by atoms with Crippen molar-refractivity contribution in [1.29, 1.82) is 0 Å². The molecule has 1 atom stereocenters. The molecule has 0 saturated carbocycles. The van der Waals surface area contributed by atoms with Crippen molar-refractivity contribution >= 4 is 27.1 Å². The first-order valence-corrected chi connectivity index (χ1v) is 5.71. The SMILES string of the molecule is O=C(Cl)C(NS(=O)(=O)O)c1ccccc1. The number of carbonyl (C=O) groups is 1. The maximum atomic E-state index is 10.9. The molecule has 0 fully saturated rings. The van der Waals surface area contributed by atoms with Crippen LogP contribution in [-0.4, -0.2) is 18.2 Å². The van der Waals surface area contributed by atoms with E-state index in [1.54, 1.807) is 22.9 Å². The molecule has 0 aromatic heterocycles. The van der Waals surface area contributed by atoms with Crippen LogP contribution in [-0.2, 0) is 15.1 Å². The van der Waals surface area contributed by atoms with Gasteiger partial charge in [-0.25, -0.2) is 0 Å². The Morgan fingerprint density at radius 3 is 2.27 bits per heavy atom. The summed E-state index contributed by atoms with van der Waals surface area (Å²) < 4.78 is 31.4. The van der Waals surface area contributed by atoms with Crippen molar-refractivity contribution in [2.75, 3.05) is 0 Å². The summed E-state index contributed by atoms with van der Waals surface area (Å²) in [7, 11) is -4.47. The standard InChI is InChI=1S/C8H8ClNO4S/c9-8(11)7(10-15(12,13)14)6-4-2-1-3-5-6/h1-5,7,10H,(H,12,13,14). The van der Waals surface area contributed by atoms with E-state index in [0.717, 1.165) is 0 Å². The summed E-state index contributed by atoms with van der Waals surface area (Å²) in [5.41, 5.74) is 0.357. The quantitative estimate of drug-likeness (QED) is 0.613. The minimum atomic E-state index is -4.47. The lowest BCUT2D eigenvalue weighted by molar-refractivity contribution is -0.113. The van der Waals surface area contributed by atoms with Gasteiger partial charge >= 0.3 is 10.3 Å². The molecule has 0 bridgehead atoms. The topological polar surface area (TPSA) is 83.5 Å². The number of rotatable bonds is 4. The Balaban J connectivity index is 3.00. The fourth-order valence-corrected chi connectivity index (χ4v) is 1.83. The lowest BCUT2D eigenvalue weighted by atomic mass is 10.1. The average Bonchev–Trinajstić information content (AvgIpc) is 2.14. The molecule has 1 unspecified atom stereocenters. The van der Waals surface area contributed by atoms with Crippen LogP contribution in [0.1, 0.15) is 11.6 Å². The first-order chi connectivity index (χ1) is 6.90. The van der Waals surface area contributed by atoms with E-state index in [1.165, 1.54) is 12.1 Å². The number of benzene rings is 1. The first kappa shape index (κ1) is 12.1. The molecule has 0 amide bonds. The zero-order valence-electron chi connectivity index (χ0n) is 7.42. The number of halogens is 1. The summed E-state index contributed by atoms with van der Waals surface area (Å²) in [6.45, 7) is 0. The van der Waals surface area contributed by atoms with Gasteiger partial charge in [-0.1, -0.05) is 30.3 Å². The molecule has 82 valence electrons. The Morgan fingerprint density at radius 2 is 1.87 bits per heavy atom. The minimum Gasteiger partial charge on any atom is -0.279 e. The second-order valence-electron chi connectivity index (χ2n) is 2.74. The van der Waals surface area contributed by atoms with E-state index < -0.39 is 21.6 Å². The van der Waals surface area contributed by atoms with Gasteiger partial charge in [-0.05, 0) is 17.2 Å². The van der Waals surface area contributed by atoms with Crippen LogP contribution in [0.3, 0.4) is 0 Å². The molecular formula is C8H8ClNO4S. The molecule has 7 heteroatoms. The number of hydrogen-bond acceptors (Lipinski definition) is 3. The Hall–Kier alpha value is -0.950. The lowest BCUT2D eigenvalue weighted by Gasteiger charge is -2.11. The van der Waals surface area contributed by atoms with E-state index in [4.69, 9.17) is 16.2 Å². The van der Waals surface area contributed by atoms with Crippen LogP contribution in [0.4, 0.5) is 0 Å². The molecule has 0 radical (unpaired) electrons. The van der Waals surface area contributed by atoms with Crippen LogP contribution in [0, 0.1) is 0 Å². The fourth-order valence-electron chi connectivity index (χ4n) is 1.04. The Kier molecular flexibility index (Phi) is 3.81. The minimum absolute atomic E-state index is 0.357. The van der Waals surface area contributed by atoms with Gasteiger partial charge in [0.25, 0.3) is 0 Å². The molecule has 0 spiro atoms. The average molecular weight is 250 g/mol. The van der Waals surface area contributed by atoms with Gasteiger partial charge in [-0.3, -0.25) is 9.35 Å². The van der Waals surface area contributed by atoms with Crippen molar-refractivity contribution < 1.29 is 17.8 Å². The van der Waals surface area contributed by atoms with Crippen LogP contribution in [0.15, 0.2) is 30.3 Å². The molecular weight excluding hydrogens is 242 g/mol. The van der Waals surface area contributed by atoms with Crippen LogP contribution in [0.2, 0.25) is 0 Å².